The van der Waals surface area contributed by atoms with Gasteiger partial charge in [0.15, 0.2) is 0 Å². The lowest BCUT2D eigenvalue weighted by atomic mass is 9.97. The van der Waals surface area contributed by atoms with Crippen LogP contribution in [0.4, 0.5) is 0 Å². The number of aromatic amines is 1. The summed E-state index contributed by atoms with van der Waals surface area (Å²) in [5.41, 5.74) is 4.39. The van der Waals surface area contributed by atoms with Crippen LogP contribution in [0, 0.1) is 0 Å². The van der Waals surface area contributed by atoms with Gasteiger partial charge in [-0.1, -0.05) is 48.5 Å². The van der Waals surface area contributed by atoms with Crippen molar-refractivity contribution >= 4 is 0 Å². The van der Waals surface area contributed by atoms with E-state index in [2.05, 4.69) is 43.7 Å². The number of hydrogen-bond donors (Lipinski definition) is 2. The molecule has 116 valence electrons. The van der Waals surface area contributed by atoms with Crippen molar-refractivity contribution in [3.63, 3.8) is 0 Å². The second-order valence-electron chi connectivity index (χ2n) is 5.82. The van der Waals surface area contributed by atoms with Gasteiger partial charge in [-0.15, -0.1) is 10.2 Å². The minimum atomic E-state index is -0.418. The predicted molar refractivity (Wildman–Crippen MR) is 85.1 cm³/mol. The Labute approximate surface area is 133 Å². The maximum atomic E-state index is 10.3. The van der Waals surface area contributed by atoms with Crippen LogP contribution < -0.4 is 0 Å². The average Bonchev–Trinajstić information content (AvgIpc) is 3.10. The number of β-amino-alcohol motifs (C(OH)–C–C–N with tert-alkyl or cyclic N) is 1. The lowest BCUT2D eigenvalue weighted by molar-refractivity contribution is 0.0882. The molecule has 0 radical (unpaired) electrons. The molecular formula is C17H17N5O. The monoisotopic (exact) mass is 307 g/mol. The minimum Gasteiger partial charge on any atom is -0.387 e. The van der Waals surface area contributed by atoms with Gasteiger partial charge in [-0.3, -0.25) is 4.90 Å². The maximum absolute atomic E-state index is 10.3. The zero-order valence-corrected chi connectivity index (χ0v) is 12.6. The summed E-state index contributed by atoms with van der Waals surface area (Å²) < 4.78 is 0. The highest BCUT2D eigenvalue weighted by Gasteiger charge is 2.23. The molecule has 4 rings (SSSR count). The first-order valence-electron chi connectivity index (χ1n) is 7.60. The van der Waals surface area contributed by atoms with Crippen molar-refractivity contribution < 1.29 is 5.11 Å². The SMILES string of the molecule is O[C@@H]1CN(Cc2ccc(-c3nn[nH]n3)cc2)Cc2ccccc21. The van der Waals surface area contributed by atoms with Crippen molar-refractivity contribution in [3.8, 4) is 11.4 Å². The summed E-state index contributed by atoms with van der Waals surface area (Å²) in [5.74, 6) is 0.596. The summed E-state index contributed by atoms with van der Waals surface area (Å²) in [6.07, 6.45) is -0.418. The molecule has 1 aliphatic heterocycles. The van der Waals surface area contributed by atoms with E-state index in [1.807, 2.05) is 30.3 Å². The number of hydrogen-bond acceptors (Lipinski definition) is 5. The van der Waals surface area contributed by atoms with E-state index in [0.717, 1.165) is 24.2 Å². The van der Waals surface area contributed by atoms with E-state index in [1.165, 1.54) is 11.1 Å². The topological polar surface area (TPSA) is 77.9 Å². The molecule has 2 heterocycles. The predicted octanol–water partition coefficient (Wildman–Crippen LogP) is 1.92. The summed E-state index contributed by atoms with van der Waals surface area (Å²) in [6.45, 7) is 2.32. The van der Waals surface area contributed by atoms with Crippen LogP contribution in [0.15, 0.2) is 48.5 Å². The molecule has 6 nitrogen and oxygen atoms in total. The molecule has 0 aliphatic carbocycles. The Balaban J connectivity index is 1.49. The smallest absolute Gasteiger partial charge is 0.204 e. The Morgan fingerprint density at radius 1 is 1.13 bits per heavy atom. The molecular weight excluding hydrogens is 290 g/mol. The normalized spacial score (nSPS) is 17.9. The van der Waals surface area contributed by atoms with Crippen LogP contribution in [0.25, 0.3) is 11.4 Å². The lowest BCUT2D eigenvalue weighted by Crippen LogP contribution is -2.33. The number of aromatic nitrogens is 4. The molecule has 0 bridgehead atoms. The van der Waals surface area contributed by atoms with E-state index < -0.39 is 6.10 Å². The molecule has 3 aromatic rings. The molecule has 0 fully saturated rings. The summed E-state index contributed by atoms with van der Waals surface area (Å²) in [6, 6.07) is 16.2. The van der Waals surface area contributed by atoms with E-state index >= 15 is 0 Å². The molecule has 0 spiro atoms. The van der Waals surface area contributed by atoms with Crippen LogP contribution >= 0.6 is 0 Å². The van der Waals surface area contributed by atoms with Crippen molar-refractivity contribution in [1.82, 2.24) is 25.5 Å². The van der Waals surface area contributed by atoms with Crippen LogP contribution in [-0.2, 0) is 13.1 Å². The number of fused-ring (bicyclic) bond motifs is 1. The third-order valence-corrected chi connectivity index (χ3v) is 4.20. The van der Waals surface area contributed by atoms with Gasteiger partial charge in [0.05, 0.1) is 6.10 Å². The van der Waals surface area contributed by atoms with Crippen LogP contribution in [-0.4, -0.2) is 37.2 Å². The van der Waals surface area contributed by atoms with Gasteiger partial charge in [0.2, 0.25) is 5.82 Å². The molecule has 0 unspecified atom stereocenters. The van der Waals surface area contributed by atoms with Crippen LogP contribution in [0.5, 0.6) is 0 Å². The van der Waals surface area contributed by atoms with Crippen molar-refractivity contribution in [2.24, 2.45) is 0 Å². The van der Waals surface area contributed by atoms with Crippen molar-refractivity contribution in [2.45, 2.75) is 19.2 Å². The van der Waals surface area contributed by atoms with Gasteiger partial charge in [-0.25, -0.2) is 0 Å². The fraction of sp³-hybridized carbons (Fsp3) is 0.235. The summed E-state index contributed by atoms with van der Waals surface area (Å²) >= 11 is 0. The molecule has 6 heteroatoms. The molecule has 0 amide bonds. The highest BCUT2D eigenvalue weighted by molar-refractivity contribution is 5.54. The molecule has 1 aliphatic rings. The number of nitrogens with zero attached hydrogens (tertiary/aromatic N) is 4. The molecule has 2 N–H and O–H groups in total. The number of aliphatic hydroxyl groups excluding tert-OH is 1. The van der Waals surface area contributed by atoms with Crippen LogP contribution in [0.1, 0.15) is 22.8 Å². The van der Waals surface area contributed by atoms with Crippen molar-refractivity contribution in [2.75, 3.05) is 6.54 Å². The summed E-state index contributed by atoms with van der Waals surface area (Å²) in [7, 11) is 0. The van der Waals surface area contributed by atoms with Gasteiger partial charge in [0.25, 0.3) is 0 Å². The van der Waals surface area contributed by atoms with Gasteiger partial charge in [0, 0.05) is 25.2 Å². The van der Waals surface area contributed by atoms with Crippen LogP contribution in [0.3, 0.4) is 0 Å². The highest BCUT2D eigenvalue weighted by atomic mass is 16.3. The highest BCUT2D eigenvalue weighted by Crippen LogP contribution is 2.27. The zero-order chi connectivity index (χ0) is 15.6. The molecule has 1 aromatic heterocycles. The van der Waals surface area contributed by atoms with Gasteiger partial charge >= 0.3 is 0 Å². The molecule has 2 aromatic carbocycles. The summed E-state index contributed by atoms with van der Waals surface area (Å²) in [4.78, 5) is 2.26. The second kappa shape index (κ2) is 5.91. The summed E-state index contributed by atoms with van der Waals surface area (Å²) in [5, 5.41) is 24.3. The van der Waals surface area contributed by atoms with Gasteiger partial charge < -0.3 is 5.11 Å². The Morgan fingerprint density at radius 3 is 2.74 bits per heavy atom. The third-order valence-electron chi connectivity index (χ3n) is 4.20. The molecule has 0 saturated carbocycles. The Kier molecular flexibility index (Phi) is 3.61. The van der Waals surface area contributed by atoms with Crippen molar-refractivity contribution in [1.29, 1.82) is 0 Å². The van der Waals surface area contributed by atoms with E-state index in [1.54, 1.807) is 0 Å². The first-order chi connectivity index (χ1) is 11.3. The van der Waals surface area contributed by atoms with E-state index in [9.17, 15) is 5.11 Å². The first kappa shape index (κ1) is 14.0. The number of nitrogens with one attached hydrogen (secondary N) is 1. The zero-order valence-electron chi connectivity index (χ0n) is 12.6. The Morgan fingerprint density at radius 2 is 1.96 bits per heavy atom. The van der Waals surface area contributed by atoms with Gasteiger partial charge in [-0.2, -0.15) is 5.21 Å². The largest absolute Gasteiger partial charge is 0.387 e. The number of tetrazole rings is 1. The number of H-pyrrole nitrogens is 1. The molecule has 23 heavy (non-hydrogen) atoms. The number of aliphatic hydroxyl groups is 1. The van der Waals surface area contributed by atoms with Crippen LogP contribution in [0.2, 0.25) is 0 Å². The maximum Gasteiger partial charge on any atom is 0.204 e. The second-order valence-corrected chi connectivity index (χ2v) is 5.82. The lowest BCUT2D eigenvalue weighted by Gasteiger charge is -2.32. The minimum absolute atomic E-state index is 0.418. The first-order valence-corrected chi connectivity index (χ1v) is 7.60. The number of benzene rings is 2. The fourth-order valence-corrected chi connectivity index (χ4v) is 3.07. The molecule has 1 atom stereocenters. The Hall–Kier alpha value is -2.57. The molecule has 0 saturated heterocycles. The van der Waals surface area contributed by atoms with Crippen molar-refractivity contribution in [3.05, 3.63) is 65.2 Å². The average molecular weight is 307 g/mol. The van der Waals surface area contributed by atoms with Gasteiger partial charge in [0.1, 0.15) is 0 Å². The van der Waals surface area contributed by atoms with Gasteiger partial charge in [-0.05, 0) is 21.9 Å². The third kappa shape index (κ3) is 2.86. The van der Waals surface area contributed by atoms with E-state index in [0.29, 0.717) is 12.4 Å². The fourth-order valence-electron chi connectivity index (χ4n) is 3.07. The Bertz CT molecular complexity index is 785. The number of rotatable bonds is 3. The quantitative estimate of drug-likeness (QED) is 0.773. The van der Waals surface area contributed by atoms with E-state index in [4.69, 9.17) is 0 Å². The standard InChI is InChI=1S/C17H17N5O/c23-16-11-22(10-14-3-1-2-4-15(14)16)9-12-5-7-13(8-6-12)17-18-20-21-19-17/h1-8,16,23H,9-11H2,(H,18,19,20,21)/t16-/m1/s1. The van der Waals surface area contributed by atoms with E-state index in [-0.39, 0.29) is 0 Å².